The van der Waals surface area contributed by atoms with E-state index in [0.29, 0.717) is 5.69 Å². The molecule has 2 rings (SSSR count). The first-order valence-corrected chi connectivity index (χ1v) is 11.3. The van der Waals surface area contributed by atoms with E-state index in [4.69, 9.17) is 16.6 Å². The molecule has 13 nitrogen and oxygen atoms in total. The molecule has 194 valence electrons. The number of benzene rings is 1. The number of rotatable bonds is 14. The van der Waals surface area contributed by atoms with Crippen LogP contribution in [0, 0.1) is 0 Å². The lowest BCUT2D eigenvalue weighted by atomic mass is 10.0. The summed E-state index contributed by atoms with van der Waals surface area (Å²) in [5.74, 6) is -3.93. The Hall–Kier alpha value is -4.26. The second-order valence-electron chi connectivity index (χ2n) is 8.27. The van der Waals surface area contributed by atoms with Crippen molar-refractivity contribution in [3.05, 3.63) is 54.1 Å². The van der Waals surface area contributed by atoms with Crippen molar-refractivity contribution in [1.29, 1.82) is 0 Å². The number of nitrogens with two attached hydrogens (primary N) is 2. The molecule has 4 amide bonds. The van der Waals surface area contributed by atoms with Gasteiger partial charge in [0.1, 0.15) is 18.1 Å². The quantitative estimate of drug-likeness (QED) is 0.158. The molecule has 9 N–H and O–H groups in total. The van der Waals surface area contributed by atoms with E-state index in [-0.39, 0.29) is 25.7 Å². The number of nitrogens with zero attached hydrogens (tertiary/aromatic N) is 1. The molecule has 0 aliphatic rings. The number of hydrogen-bond acceptors (Lipinski definition) is 7. The van der Waals surface area contributed by atoms with E-state index >= 15 is 0 Å². The molecule has 13 heteroatoms. The third kappa shape index (κ3) is 9.18. The predicted molar refractivity (Wildman–Crippen MR) is 128 cm³/mol. The van der Waals surface area contributed by atoms with Crippen LogP contribution in [0.1, 0.15) is 31.0 Å². The lowest BCUT2D eigenvalue weighted by Gasteiger charge is -2.24. The Balaban J connectivity index is 2.21. The molecule has 36 heavy (non-hydrogen) atoms. The van der Waals surface area contributed by atoms with Crippen LogP contribution in [0.25, 0.3) is 0 Å². The number of primary amides is 1. The lowest BCUT2D eigenvalue weighted by molar-refractivity contribution is -0.141. The van der Waals surface area contributed by atoms with Gasteiger partial charge in [0.15, 0.2) is 0 Å². The standard InChI is InChI=1S/C23H31N7O6/c1-13(23(35)36)28-21(33)17(9-14-5-3-2-4-6-14)30-22(34)18(10-15-11-26-12-27-15)29-20(32)16(24)7-8-19(25)31/h2-6,11-13,16-18H,7-10,24H2,1H3,(H2,25,31)(H,26,27)(H,28,33)(H,29,32)(H,30,34)(H,35,36). The molecule has 4 unspecified atom stereocenters. The number of H-pyrrole nitrogens is 1. The van der Waals surface area contributed by atoms with E-state index in [9.17, 15) is 24.0 Å². The molecule has 4 atom stereocenters. The van der Waals surface area contributed by atoms with Crippen molar-refractivity contribution < 1.29 is 29.1 Å². The number of carboxylic acid groups (broad SMARTS) is 1. The Morgan fingerprint density at radius 1 is 0.972 bits per heavy atom. The Morgan fingerprint density at radius 2 is 1.58 bits per heavy atom. The molecule has 0 spiro atoms. The first-order chi connectivity index (χ1) is 17.1. The second-order valence-corrected chi connectivity index (χ2v) is 8.27. The summed E-state index contributed by atoms with van der Waals surface area (Å²) in [6.45, 7) is 1.30. The van der Waals surface area contributed by atoms with Gasteiger partial charge in [-0.3, -0.25) is 24.0 Å². The molecule has 0 saturated heterocycles. The number of aromatic amines is 1. The SMILES string of the molecule is CC(NC(=O)C(Cc1ccccc1)NC(=O)C(Cc1cnc[nH]1)NC(=O)C(N)CCC(N)=O)C(=O)O. The fraction of sp³-hybridized carbons (Fsp3) is 0.391. The maximum absolute atomic E-state index is 13.2. The smallest absolute Gasteiger partial charge is 0.325 e. The number of amides is 4. The topological polar surface area (TPSA) is 222 Å². The Labute approximate surface area is 207 Å². The van der Waals surface area contributed by atoms with E-state index in [1.54, 1.807) is 30.3 Å². The fourth-order valence-electron chi connectivity index (χ4n) is 3.24. The van der Waals surface area contributed by atoms with Crippen LogP contribution >= 0.6 is 0 Å². The summed E-state index contributed by atoms with van der Waals surface area (Å²) >= 11 is 0. The minimum absolute atomic E-state index is 0.00528. The van der Waals surface area contributed by atoms with Gasteiger partial charge in [0, 0.05) is 31.2 Å². The van der Waals surface area contributed by atoms with Gasteiger partial charge in [-0.25, -0.2) is 4.98 Å². The number of carbonyl (C=O) groups is 5. The van der Waals surface area contributed by atoms with Crippen molar-refractivity contribution in [3.63, 3.8) is 0 Å². The van der Waals surface area contributed by atoms with Gasteiger partial charge >= 0.3 is 5.97 Å². The normalized spacial score (nSPS) is 14.1. The van der Waals surface area contributed by atoms with Crippen LogP contribution in [0.5, 0.6) is 0 Å². The highest BCUT2D eigenvalue weighted by atomic mass is 16.4. The molecular formula is C23H31N7O6. The summed E-state index contributed by atoms with van der Waals surface area (Å²) in [5, 5.41) is 16.7. The molecule has 0 radical (unpaired) electrons. The maximum Gasteiger partial charge on any atom is 0.325 e. The second kappa shape index (κ2) is 13.6. The van der Waals surface area contributed by atoms with E-state index in [1.165, 1.54) is 19.4 Å². The minimum atomic E-state index is -1.23. The zero-order valence-electron chi connectivity index (χ0n) is 19.8. The number of carbonyl (C=O) groups excluding carboxylic acids is 4. The molecular weight excluding hydrogens is 470 g/mol. The molecule has 2 aromatic rings. The molecule has 0 saturated carbocycles. The summed E-state index contributed by atoms with van der Waals surface area (Å²) in [6, 6.07) is 4.28. The van der Waals surface area contributed by atoms with Crippen LogP contribution in [0.4, 0.5) is 0 Å². The monoisotopic (exact) mass is 501 g/mol. The average Bonchev–Trinajstić information content (AvgIpc) is 3.35. The fourth-order valence-corrected chi connectivity index (χ4v) is 3.24. The Bertz CT molecular complexity index is 1040. The van der Waals surface area contributed by atoms with Crippen LogP contribution in [-0.2, 0) is 36.8 Å². The van der Waals surface area contributed by atoms with Crippen LogP contribution in [0.2, 0.25) is 0 Å². The number of aromatic nitrogens is 2. The highest BCUT2D eigenvalue weighted by Crippen LogP contribution is 2.07. The van der Waals surface area contributed by atoms with Gasteiger partial charge in [-0.1, -0.05) is 30.3 Å². The number of carboxylic acids is 1. The van der Waals surface area contributed by atoms with Crippen LogP contribution in [0.3, 0.4) is 0 Å². The third-order valence-corrected chi connectivity index (χ3v) is 5.30. The highest BCUT2D eigenvalue weighted by molar-refractivity contribution is 5.94. The molecule has 0 fully saturated rings. The maximum atomic E-state index is 13.2. The first kappa shape index (κ1) is 28.0. The zero-order valence-corrected chi connectivity index (χ0v) is 19.8. The molecule has 1 aromatic carbocycles. The van der Waals surface area contributed by atoms with Gasteiger partial charge < -0.3 is 37.5 Å². The van der Waals surface area contributed by atoms with Gasteiger partial charge in [0.25, 0.3) is 0 Å². The summed E-state index contributed by atoms with van der Waals surface area (Å²) in [4.78, 5) is 67.6. The number of hydrogen-bond donors (Lipinski definition) is 7. The number of imidazole rings is 1. The van der Waals surface area contributed by atoms with Crippen molar-refractivity contribution in [3.8, 4) is 0 Å². The van der Waals surface area contributed by atoms with Crippen molar-refractivity contribution >= 4 is 29.6 Å². The molecule has 0 aliphatic carbocycles. The van der Waals surface area contributed by atoms with Gasteiger partial charge in [0.05, 0.1) is 12.4 Å². The zero-order chi connectivity index (χ0) is 26.7. The van der Waals surface area contributed by atoms with Gasteiger partial charge in [-0.2, -0.15) is 0 Å². The molecule has 1 heterocycles. The van der Waals surface area contributed by atoms with Crippen LogP contribution in [-0.4, -0.2) is 68.8 Å². The third-order valence-electron chi connectivity index (χ3n) is 5.30. The van der Waals surface area contributed by atoms with E-state index in [0.717, 1.165) is 5.56 Å². The van der Waals surface area contributed by atoms with Crippen molar-refractivity contribution in [1.82, 2.24) is 25.9 Å². The Kier molecular flexibility index (Phi) is 10.6. The summed E-state index contributed by atoms with van der Waals surface area (Å²) in [5.41, 5.74) is 12.2. The minimum Gasteiger partial charge on any atom is -0.480 e. The lowest BCUT2D eigenvalue weighted by Crippen LogP contribution is -2.58. The highest BCUT2D eigenvalue weighted by Gasteiger charge is 2.30. The number of nitrogens with one attached hydrogen (secondary N) is 4. The predicted octanol–water partition coefficient (Wildman–Crippen LogP) is -1.65. The summed E-state index contributed by atoms with van der Waals surface area (Å²) in [7, 11) is 0. The largest absolute Gasteiger partial charge is 0.480 e. The molecule has 1 aromatic heterocycles. The van der Waals surface area contributed by atoms with Crippen LogP contribution < -0.4 is 27.4 Å². The van der Waals surface area contributed by atoms with Gasteiger partial charge in [-0.05, 0) is 18.9 Å². The van der Waals surface area contributed by atoms with Crippen LogP contribution in [0.15, 0.2) is 42.9 Å². The average molecular weight is 502 g/mol. The van der Waals surface area contributed by atoms with Gasteiger partial charge in [-0.15, -0.1) is 0 Å². The first-order valence-electron chi connectivity index (χ1n) is 11.3. The molecule has 0 aliphatic heterocycles. The van der Waals surface area contributed by atoms with E-state index < -0.39 is 53.8 Å². The summed E-state index contributed by atoms with van der Waals surface area (Å²) in [6.07, 6.45) is 2.85. The van der Waals surface area contributed by atoms with Crippen molar-refractivity contribution in [2.45, 2.75) is 56.8 Å². The van der Waals surface area contributed by atoms with Crippen molar-refractivity contribution in [2.24, 2.45) is 11.5 Å². The summed E-state index contributed by atoms with van der Waals surface area (Å²) < 4.78 is 0. The molecule has 0 bridgehead atoms. The number of aliphatic carboxylic acids is 1. The van der Waals surface area contributed by atoms with E-state index in [2.05, 4.69) is 25.9 Å². The van der Waals surface area contributed by atoms with Crippen molar-refractivity contribution in [2.75, 3.05) is 0 Å². The van der Waals surface area contributed by atoms with Gasteiger partial charge in [0.2, 0.25) is 23.6 Å². The van der Waals surface area contributed by atoms with E-state index in [1.807, 2.05) is 0 Å². The Morgan fingerprint density at radius 3 is 2.17 bits per heavy atom.